The van der Waals surface area contributed by atoms with E-state index < -0.39 is 0 Å². The van der Waals surface area contributed by atoms with Crippen molar-refractivity contribution in [3.63, 3.8) is 0 Å². The normalized spacial score (nSPS) is 37.4. The Bertz CT molecular complexity index is 276. The van der Waals surface area contributed by atoms with E-state index in [1.54, 1.807) is 0 Å². The zero-order valence-corrected chi connectivity index (χ0v) is 10.1. The first-order chi connectivity index (χ1) is 7.72. The first kappa shape index (κ1) is 10.6. The zero-order valence-electron chi connectivity index (χ0n) is 10.1. The second kappa shape index (κ2) is 4.02. The van der Waals surface area contributed by atoms with E-state index in [1.807, 2.05) is 11.9 Å². The molecule has 1 N–H and O–H groups in total. The van der Waals surface area contributed by atoms with Crippen LogP contribution in [0, 0.1) is 11.8 Å². The maximum Gasteiger partial charge on any atom is 0.225 e. The molecule has 0 aromatic carbocycles. The largest absolute Gasteiger partial charge is 0.345 e. The van der Waals surface area contributed by atoms with Crippen LogP contribution in [0.3, 0.4) is 0 Å². The zero-order chi connectivity index (χ0) is 11.1. The fourth-order valence-corrected chi connectivity index (χ4v) is 3.44. The minimum absolute atomic E-state index is 0.378. The first-order valence-corrected chi connectivity index (χ1v) is 6.73. The van der Waals surface area contributed by atoms with E-state index in [9.17, 15) is 4.79 Å². The van der Waals surface area contributed by atoms with E-state index in [1.165, 1.54) is 25.7 Å². The molecule has 2 atom stereocenters. The summed E-state index contributed by atoms with van der Waals surface area (Å²) >= 11 is 0. The summed E-state index contributed by atoms with van der Waals surface area (Å²) in [7, 11) is 1.99. The van der Waals surface area contributed by atoms with E-state index >= 15 is 0 Å². The van der Waals surface area contributed by atoms with Crippen molar-refractivity contribution in [2.75, 3.05) is 13.6 Å². The summed E-state index contributed by atoms with van der Waals surface area (Å²) in [4.78, 5) is 13.9. The number of nitrogens with zero attached hydrogens (tertiary/aromatic N) is 1. The lowest BCUT2D eigenvalue weighted by atomic mass is 9.92. The van der Waals surface area contributed by atoms with Gasteiger partial charge >= 0.3 is 0 Å². The van der Waals surface area contributed by atoms with Gasteiger partial charge in [0.2, 0.25) is 5.91 Å². The van der Waals surface area contributed by atoms with Crippen LogP contribution in [-0.4, -0.2) is 36.5 Å². The molecule has 3 rings (SSSR count). The van der Waals surface area contributed by atoms with Gasteiger partial charge in [0, 0.05) is 31.6 Å². The van der Waals surface area contributed by atoms with Crippen LogP contribution >= 0.6 is 0 Å². The van der Waals surface area contributed by atoms with Crippen LogP contribution < -0.4 is 5.32 Å². The minimum Gasteiger partial charge on any atom is -0.345 e. The number of carbonyl (C=O) groups excluding carboxylic acids is 1. The Kier molecular flexibility index (Phi) is 2.66. The number of hydrogen-bond acceptors (Lipinski definition) is 2. The van der Waals surface area contributed by atoms with E-state index in [-0.39, 0.29) is 0 Å². The summed E-state index contributed by atoms with van der Waals surface area (Å²) < 4.78 is 0. The average Bonchev–Trinajstić information content (AvgIpc) is 3.04. The predicted octanol–water partition coefficient (Wildman–Crippen LogP) is 1.39. The van der Waals surface area contributed by atoms with Crippen molar-refractivity contribution in [1.29, 1.82) is 0 Å². The fourth-order valence-electron chi connectivity index (χ4n) is 3.44. The molecular weight excluding hydrogens is 200 g/mol. The van der Waals surface area contributed by atoms with Crippen molar-refractivity contribution < 1.29 is 4.79 Å². The maximum absolute atomic E-state index is 11.9. The second-order valence-electron chi connectivity index (χ2n) is 5.97. The molecule has 0 aromatic heterocycles. The molecule has 3 aliphatic rings. The number of piperidine rings is 1. The SMILES string of the molecule is CN(CC1CC2CCC(C1)N2)C(=O)C1CC1. The van der Waals surface area contributed by atoms with Gasteiger partial charge in [-0.2, -0.15) is 0 Å². The van der Waals surface area contributed by atoms with Crippen molar-refractivity contribution in [2.24, 2.45) is 11.8 Å². The van der Waals surface area contributed by atoms with Gasteiger partial charge in [0.15, 0.2) is 0 Å². The highest BCUT2D eigenvalue weighted by Crippen LogP contribution is 2.33. The summed E-state index contributed by atoms with van der Waals surface area (Å²) in [5.41, 5.74) is 0. The molecule has 2 saturated heterocycles. The average molecular weight is 222 g/mol. The van der Waals surface area contributed by atoms with Gasteiger partial charge in [-0.1, -0.05) is 0 Å². The first-order valence-electron chi connectivity index (χ1n) is 6.73. The molecule has 1 aliphatic carbocycles. The van der Waals surface area contributed by atoms with Crippen LogP contribution in [0.2, 0.25) is 0 Å². The van der Waals surface area contributed by atoms with Gasteiger partial charge in [0.1, 0.15) is 0 Å². The summed E-state index contributed by atoms with van der Waals surface area (Å²) in [6, 6.07) is 1.49. The lowest BCUT2D eigenvalue weighted by Crippen LogP contribution is -2.42. The molecule has 2 unspecified atom stereocenters. The van der Waals surface area contributed by atoms with Crippen LogP contribution in [0.4, 0.5) is 0 Å². The van der Waals surface area contributed by atoms with Crippen molar-refractivity contribution in [3.05, 3.63) is 0 Å². The number of carbonyl (C=O) groups is 1. The third kappa shape index (κ3) is 2.10. The molecule has 3 fully saturated rings. The Labute approximate surface area is 97.6 Å². The molecule has 90 valence electrons. The van der Waals surface area contributed by atoms with Crippen molar-refractivity contribution in [2.45, 2.75) is 50.6 Å². The van der Waals surface area contributed by atoms with Gasteiger partial charge in [-0.25, -0.2) is 0 Å². The van der Waals surface area contributed by atoms with E-state index in [2.05, 4.69) is 5.32 Å². The maximum atomic E-state index is 11.9. The third-order valence-corrected chi connectivity index (χ3v) is 4.41. The molecule has 16 heavy (non-hydrogen) atoms. The van der Waals surface area contributed by atoms with Crippen LogP contribution in [0.5, 0.6) is 0 Å². The molecule has 2 heterocycles. The summed E-state index contributed by atoms with van der Waals surface area (Å²) in [5, 5.41) is 3.65. The van der Waals surface area contributed by atoms with Gasteiger partial charge < -0.3 is 10.2 Å². The van der Waals surface area contributed by atoms with Crippen molar-refractivity contribution in [3.8, 4) is 0 Å². The van der Waals surface area contributed by atoms with Gasteiger partial charge in [0.05, 0.1) is 0 Å². The standard InChI is InChI=1S/C13H22N2O/c1-15(13(16)10-2-3-10)8-9-6-11-4-5-12(7-9)14-11/h9-12,14H,2-8H2,1H3. The number of nitrogens with one attached hydrogen (secondary N) is 1. The molecular formula is C13H22N2O. The predicted molar refractivity (Wildman–Crippen MR) is 63.0 cm³/mol. The van der Waals surface area contributed by atoms with Gasteiger partial charge in [0.25, 0.3) is 0 Å². The van der Waals surface area contributed by atoms with Gasteiger partial charge in [-0.15, -0.1) is 0 Å². The van der Waals surface area contributed by atoms with Crippen LogP contribution in [-0.2, 0) is 4.79 Å². The number of hydrogen-bond donors (Lipinski definition) is 1. The van der Waals surface area contributed by atoms with Crippen LogP contribution in [0.1, 0.15) is 38.5 Å². The van der Waals surface area contributed by atoms with Crippen LogP contribution in [0.25, 0.3) is 0 Å². The molecule has 0 aromatic rings. The van der Waals surface area contributed by atoms with Gasteiger partial charge in [-0.3, -0.25) is 4.79 Å². The molecule has 3 nitrogen and oxygen atoms in total. The van der Waals surface area contributed by atoms with Gasteiger partial charge in [-0.05, 0) is 44.4 Å². The Hall–Kier alpha value is -0.570. The number of fused-ring (bicyclic) bond motifs is 2. The topological polar surface area (TPSA) is 32.3 Å². The second-order valence-corrected chi connectivity index (χ2v) is 5.97. The van der Waals surface area contributed by atoms with Crippen molar-refractivity contribution in [1.82, 2.24) is 10.2 Å². The number of rotatable bonds is 3. The minimum atomic E-state index is 0.378. The van der Waals surface area contributed by atoms with E-state index in [4.69, 9.17) is 0 Å². The Morgan fingerprint density at radius 1 is 1.19 bits per heavy atom. The number of amides is 1. The summed E-state index contributed by atoms with van der Waals surface area (Å²) in [5.74, 6) is 1.51. The van der Waals surface area contributed by atoms with Crippen molar-refractivity contribution >= 4 is 5.91 Å². The van der Waals surface area contributed by atoms with E-state index in [0.717, 1.165) is 37.4 Å². The molecule has 1 saturated carbocycles. The lowest BCUT2D eigenvalue weighted by Gasteiger charge is -2.32. The fraction of sp³-hybridized carbons (Fsp3) is 0.923. The van der Waals surface area contributed by atoms with E-state index in [0.29, 0.717) is 11.8 Å². The highest BCUT2D eigenvalue weighted by atomic mass is 16.2. The Morgan fingerprint density at radius 2 is 1.81 bits per heavy atom. The summed E-state index contributed by atoms with van der Waals surface area (Å²) in [6.07, 6.45) is 7.50. The highest BCUT2D eigenvalue weighted by molar-refractivity contribution is 5.80. The monoisotopic (exact) mass is 222 g/mol. The lowest BCUT2D eigenvalue weighted by molar-refractivity contribution is -0.132. The smallest absolute Gasteiger partial charge is 0.225 e. The summed E-state index contributed by atoms with van der Waals surface area (Å²) in [6.45, 7) is 0.990. The third-order valence-electron chi connectivity index (χ3n) is 4.41. The molecule has 0 spiro atoms. The van der Waals surface area contributed by atoms with Crippen LogP contribution in [0.15, 0.2) is 0 Å². The molecule has 3 heteroatoms. The Balaban J connectivity index is 1.52. The molecule has 2 bridgehead atoms. The molecule has 1 amide bonds. The quantitative estimate of drug-likeness (QED) is 0.782. The molecule has 2 aliphatic heterocycles. The highest BCUT2D eigenvalue weighted by Gasteiger charge is 2.36. The Morgan fingerprint density at radius 3 is 2.38 bits per heavy atom. The molecule has 0 radical (unpaired) electrons.